The fourth-order valence-corrected chi connectivity index (χ4v) is 2.04. The smallest absolute Gasteiger partial charge is 0.323 e. The quantitative estimate of drug-likeness (QED) is 0.761. The lowest BCUT2D eigenvalue weighted by molar-refractivity contribution is -0.142. The van der Waals surface area contributed by atoms with E-state index in [1.807, 2.05) is 18.4 Å². The Kier molecular flexibility index (Phi) is 4.99. The van der Waals surface area contributed by atoms with Crippen molar-refractivity contribution >= 4 is 29.3 Å². The molecule has 1 aromatic carbocycles. The molecular formula is C11H13ClO2S. The molecule has 0 heterocycles. The van der Waals surface area contributed by atoms with Gasteiger partial charge in [0, 0.05) is 5.02 Å². The molecule has 15 heavy (non-hydrogen) atoms. The van der Waals surface area contributed by atoms with E-state index in [0.717, 1.165) is 5.56 Å². The Bertz CT molecular complexity index is 324. The van der Waals surface area contributed by atoms with Gasteiger partial charge in [0.2, 0.25) is 0 Å². The van der Waals surface area contributed by atoms with Gasteiger partial charge in [-0.1, -0.05) is 23.7 Å². The van der Waals surface area contributed by atoms with Crippen LogP contribution in [-0.4, -0.2) is 18.8 Å². The summed E-state index contributed by atoms with van der Waals surface area (Å²) in [5.41, 5.74) is 0.922. The first-order valence-electron chi connectivity index (χ1n) is 4.64. The molecule has 1 atom stereocenters. The summed E-state index contributed by atoms with van der Waals surface area (Å²) < 4.78 is 4.99. The van der Waals surface area contributed by atoms with Crippen LogP contribution in [0.2, 0.25) is 5.02 Å². The number of rotatable bonds is 4. The molecule has 2 nitrogen and oxygen atoms in total. The average Bonchev–Trinajstić information content (AvgIpc) is 2.22. The summed E-state index contributed by atoms with van der Waals surface area (Å²) in [6, 6.07) is 7.25. The van der Waals surface area contributed by atoms with E-state index in [-0.39, 0.29) is 11.2 Å². The van der Waals surface area contributed by atoms with Crippen molar-refractivity contribution in [1.82, 2.24) is 0 Å². The molecule has 1 unspecified atom stereocenters. The Balaban J connectivity index is 2.82. The molecule has 4 heteroatoms. The molecule has 0 fully saturated rings. The molecular weight excluding hydrogens is 232 g/mol. The summed E-state index contributed by atoms with van der Waals surface area (Å²) in [7, 11) is 0. The Morgan fingerprint density at radius 3 is 2.53 bits per heavy atom. The van der Waals surface area contributed by atoms with Gasteiger partial charge >= 0.3 is 5.97 Å². The number of esters is 1. The van der Waals surface area contributed by atoms with Crippen molar-refractivity contribution in [3.63, 3.8) is 0 Å². The first-order valence-corrected chi connectivity index (χ1v) is 6.30. The maximum absolute atomic E-state index is 11.6. The lowest BCUT2D eigenvalue weighted by atomic mass is 10.1. The van der Waals surface area contributed by atoms with Gasteiger partial charge in [0.25, 0.3) is 0 Å². The van der Waals surface area contributed by atoms with Crippen LogP contribution in [0.4, 0.5) is 0 Å². The largest absolute Gasteiger partial charge is 0.465 e. The molecule has 0 bridgehead atoms. The monoisotopic (exact) mass is 244 g/mol. The van der Waals surface area contributed by atoms with E-state index in [0.29, 0.717) is 11.6 Å². The van der Waals surface area contributed by atoms with Gasteiger partial charge in [0.15, 0.2) is 0 Å². The average molecular weight is 245 g/mol. The van der Waals surface area contributed by atoms with Crippen molar-refractivity contribution in [3.05, 3.63) is 34.9 Å². The Morgan fingerprint density at radius 1 is 1.47 bits per heavy atom. The SMILES string of the molecule is CCOC(=O)C(SC)c1ccc(Cl)cc1. The van der Waals surface area contributed by atoms with Gasteiger partial charge < -0.3 is 4.74 Å². The molecule has 82 valence electrons. The normalized spacial score (nSPS) is 12.2. The summed E-state index contributed by atoms with van der Waals surface area (Å²) in [4.78, 5) is 11.6. The molecule has 0 aromatic heterocycles. The summed E-state index contributed by atoms with van der Waals surface area (Å²) in [6.07, 6.45) is 1.89. The maximum atomic E-state index is 11.6. The van der Waals surface area contributed by atoms with E-state index in [2.05, 4.69) is 0 Å². The number of thioether (sulfide) groups is 1. The zero-order chi connectivity index (χ0) is 11.3. The van der Waals surface area contributed by atoms with Crippen molar-refractivity contribution in [2.45, 2.75) is 12.2 Å². The Labute approximate surface area is 99.0 Å². The predicted molar refractivity (Wildman–Crippen MR) is 64.3 cm³/mol. The molecule has 0 radical (unpaired) electrons. The lowest BCUT2D eigenvalue weighted by Gasteiger charge is -2.13. The fourth-order valence-electron chi connectivity index (χ4n) is 1.22. The highest BCUT2D eigenvalue weighted by Crippen LogP contribution is 2.28. The zero-order valence-corrected chi connectivity index (χ0v) is 10.3. The first kappa shape index (κ1) is 12.4. The minimum atomic E-state index is -0.262. The van der Waals surface area contributed by atoms with Crippen LogP contribution in [0.5, 0.6) is 0 Å². The second kappa shape index (κ2) is 6.03. The van der Waals surface area contributed by atoms with Crippen LogP contribution in [0.15, 0.2) is 24.3 Å². The summed E-state index contributed by atoms with van der Waals surface area (Å²) in [5, 5.41) is 0.407. The minimum absolute atomic E-state index is 0.202. The van der Waals surface area contributed by atoms with Crippen LogP contribution in [0.3, 0.4) is 0 Å². The van der Waals surface area contributed by atoms with E-state index < -0.39 is 0 Å². The van der Waals surface area contributed by atoms with E-state index in [9.17, 15) is 4.79 Å². The van der Waals surface area contributed by atoms with E-state index >= 15 is 0 Å². The third-order valence-corrected chi connectivity index (χ3v) is 3.10. The number of halogens is 1. The third-order valence-electron chi connectivity index (χ3n) is 1.91. The summed E-state index contributed by atoms with van der Waals surface area (Å²) >= 11 is 7.24. The van der Waals surface area contributed by atoms with Crippen molar-refractivity contribution in [2.24, 2.45) is 0 Å². The number of ether oxygens (including phenoxy) is 1. The van der Waals surface area contributed by atoms with Crippen molar-refractivity contribution in [3.8, 4) is 0 Å². The van der Waals surface area contributed by atoms with Gasteiger partial charge in [0.05, 0.1) is 6.61 Å². The molecule has 1 rings (SSSR count). The standard InChI is InChI=1S/C11H13ClO2S/c1-3-14-11(13)10(15-2)8-4-6-9(12)7-5-8/h4-7,10H,3H2,1-2H3. The molecule has 0 saturated heterocycles. The van der Waals surface area contributed by atoms with Crippen LogP contribution >= 0.6 is 23.4 Å². The molecule has 0 spiro atoms. The first-order chi connectivity index (χ1) is 7.19. The highest BCUT2D eigenvalue weighted by molar-refractivity contribution is 7.99. The van der Waals surface area contributed by atoms with Gasteiger partial charge in [-0.05, 0) is 30.9 Å². The molecule has 0 amide bonds. The zero-order valence-electron chi connectivity index (χ0n) is 8.70. The van der Waals surface area contributed by atoms with Gasteiger partial charge in [0.1, 0.15) is 5.25 Å². The van der Waals surface area contributed by atoms with E-state index in [4.69, 9.17) is 16.3 Å². The van der Waals surface area contributed by atoms with Crippen LogP contribution in [-0.2, 0) is 9.53 Å². The van der Waals surface area contributed by atoms with Gasteiger partial charge in [-0.3, -0.25) is 4.79 Å². The maximum Gasteiger partial charge on any atom is 0.323 e. The van der Waals surface area contributed by atoms with Crippen molar-refractivity contribution in [2.75, 3.05) is 12.9 Å². The minimum Gasteiger partial charge on any atom is -0.465 e. The van der Waals surface area contributed by atoms with Gasteiger partial charge in [-0.15, -0.1) is 11.8 Å². The molecule has 0 N–H and O–H groups in total. The Morgan fingerprint density at radius 2 is 2.07 bits per heavy atom. The number of hydrogen-bond donors (Lipinski definition) is 0. The predicted octanol–water partition coefficient (Wildman–Crippen LogP) is 3.31. The van der Waals surface area contributed by atoms with Crippen LogP contribution in [0.25, 0.3) is 0 Å². The second-order valence-corrected chi connectivity index (χ2v) is 4.30. The van der Waals surface area contributed by atoms with Gasteiger partial charge in [-0.2, -0.15) is 0 Å². The summed E-state index contributed by atoms with van der Waals surface area (Å²) in [6.45, 7) is 2.21. The number of benzene rings is 1. The van der Waals surface area contributed by atoms with Crippen LogP contribution < -0.4 is 0 Å². The highest BCUT2D eigenvalue weighted by atomic mass is 35.5. The Hall–Kier alpha value is -0.670. The fraction of sp³-hybridized carbons (Fsp3) is 0.364. The van der Waals surface area contributed by atoms with Crippen LogP contribution in [0.1, 0.15) is 17.7 Å². The van der Waals surface area contributed by atoms with E-state index in [1.165, 1.54) is 11.8 Å². The highest BCUT2D eigenvalue weighted by Gasteiger charge is 2.20. The lowest BCUT2D eigenvalue weighted by Crippen LogP contribution is -2.12. The molecule has 0 aliphatic heterocycles. The number of carbonyl (C=O) groups is 1. The van der Waals surface area contributed by atoms with Crippen molar-refractivity contribution < 1.29 is 9.53 Å². The van der Waals surface area contributed by atoms with E-state index in [1.54, 1.807) is 19.1 Å². The second-order valence-electron chi connectivity index (χ2n) is 2.92. The number of carbonyl (C=O) groups excluding carboxylic acids is 1. The topological polar surface area (TPSA) is 26.3 Å². The molecule has 0 aliphatic rings. The van der Waals surface area contributed by atoms with Crippen LogP contribution in [0, 0.1) is 0 Å². The molecule has 1 aromatic rings. The summed E-state index contributed by atoms with van der Waals surface area (Å²) in [5.74, 6) is -0.202. The number of hydrogen-bond acceptors (Lipinski definition) is 3. The molecule has 0 aliphatic carbocycles. The van der Waals surface area contributed by atoms with Crippen molar-refractivity contribution in [1.29, 1.82) is 0 Å². The molecule has 0 saturated carbocycles. The third kappa shape index (κ3) is 3.43. The van der Waals surface area contributed by atoms with Gasteiger partial charge in [-0.25, -0.2) is 0 Å².